The Labute approximate surface area is 140 Å². The van der Waals surface area contributed by atoms with E-state index < -0.39 is 0 Å². The van der Waals surface area contributed by atoms with Gasteiger partial charge in [-0.2, -0.15) is 0 Å². The second-order valence-electron chi connectivity index (χ2n) is 6.54. The van der Waals surface area contributed by atoms with Gasteiger partial charge in [0.25, 0.3) is 0 Å². The first-order valence-electron chi connectivity index (χ1n) is 8.98. The summed E-state index contributed by atoms with van der Waals surface area (Å²) in [7, 11) is 1.97. The molecule has 0 radical (unpaired) electrons. The highest BCUT2D eigenvalue weighted by Crippen LogP contribution is 2.22. The van der Waals surface area contributed by atoms with Crippen LogP contribution in [0.15, 0.2) is 30.3 Å². The number of amides is 1. The Kier molecular flexibility index (Phi) is 7.40. The van der Waals surface area contributed by atoms with Gasteiger partial charge in [-0.25, -0.2) is 0 Å². The van der Waals surface area contributed by atoms with Crippen molar-refractivity contribution in [2.75, 3.05) is 31.6 Å². The SMILES string of the molecule is CN(C(=O)CCCCCCN)C1CCCN(c2ccccc2)C1. The summed E-state index contributed by atoms with van der Waals surface area (Å²) in [5.74, 6) is 0.290. The lowest BCUT2D eigenvalue weighted by Gasteiger charge is -2.39. The van der Waals surface area contributed by atoms with E-state index in [1.807, 2.05) is 18.0 Å². The molecule has 1 aliphatic heterocycles. The maximum atomic E-state index is 12.4. The first-order chi connectivity index (χ1) is 11.2. The number of nitrogens with two attached hydrogens (primary N) is 1. The number of likely N-dealkylation sites (N-methyl/N-ethyl adjacent to an activating group) is 1. The van der Waals surface area contributed by atoms with E-state index in [2.05, 4.69) is 29.2 Å². The van der Waals surface area contributed by atoms with Gasteiger partial charge < -0.3 is 15.5 Å². The zero-order valence-corrected chi connectivity index (χ0v) is 14.4. The van der Waals surface area contributed by atoms with Crippen LogP contribution in [-0.4, -0.2) is 43.5 Å². The fraction of sp³-hybridized carbons (Fsp3) is 0.632. The molecule has 0 saturated carbocycles. The summed E-state index contributed by atoms with van der Waals surface area (Å²) in [5, 5.41) is 0. The monoisotopic (exact) mass is 317 g/mol. The molecule has 1 aromatic rings. The minimum absolute atomic E-state index is 0.290. The van der Waals surface area contributed by atoms with Crippen LogP contribution in [0.2, 0.25) is 0 Å². The molecule has 1 aromatic carbocycles. The summed E-state index contributed by atoms with van der Waals surface area (Å²) in [6.45, 7) is 2.78. The molecule has 1 aliphatic rings. The van der Waals surface area contributed by atoms with Crippen molar-refractivity contribution in [3.8, 4) is 0 Å². The maximum Gasteiger partial charge on any atom is 0.222 e. The van der Waals surface area contributed by atoms with Crippen molar-refractivity contribution in [1.29, 1.82) is 0 Å². The number of nitrogens with zero attached hydrogens (tertiary/aromatic N) is 2. The third kappa shape index (κ3) is 5.54. The number of rotatable bonds is 8. The van der Waals surface area contributed by atoms with E-state index in [1.165, 1.54) is 5.69 Å². The Hall–Kier alpha value is -1.55. The Balaban J connectivity index is 1.79. The summed E-state index contributed by atoms with van der Waals surface area (Å²) in [5.41, 5.74) is 6.76. The van der Waals surface area contributed by atoms with Gasteiger partial charge in [-0.3, -0.25) is 4.79 Å². The van der Waals surface area contributed by atoms with Crippen LogP contribution in [0.4, 0.5) is 5.69 Å². The van der Waals surface area contributed by atoms with Gasteiger partial charge in [0.1, 0.15) is 0 Å². The number of para-hydroxylation sites is 1. The van der Waals surface area contributed by atoms with Crippen LogP contribution in [0.1, 0.15) is 44.9 Å². The molecule has 1 fully saturated rings. The van der Waals surface area contributed by atoms with Crippen molar-refractivity contribution in [3.63, 3.8) is 0 Å². The zero-order chi connectivity index (χ0) is 16.5. The summed E-state index contributed by atoms with van der Waals surface area (Å²) >= 11 is 0. The van der Waals surface area contributed by atoms with Gasteiger partial charge in [-0.05, 0) is 44.4 Å². The van der Waals surface area contributed by atoms with E-state index in [9.17, 15) is 4.79 Å². The molecule has 2 rings (SSSR count). The summed E-state index contributed by atoms with van der Waals surface area (Å²) < 4.78 is 0. The Morgan fingerprint density at radius 1 is 1.22 bits per heavy atom. The van der Waals surface area contributed by atoms with Crippen molar-refractivity contribution in [1.82, 2.24) is 4.90 Å². The molecule has 0 bridgehead atoms. The highest BCUT2D eigenvalue weighted by atomic mass is 16.2. The second kappa shape index (κ2) is 9.56. The quantitative estimate of drug-likeness (QED) is 0.750. The molecule has 1 amide bonds. The van der Waals surface area contributed by atoms with Crippen LogP contribution in [0, 0.1) is 0 Å². The lowest BCUT2D eigenvalue weighted by Crippen LogP contribution is -2.48. The number of carbonyl (C=O) groups is 1. The Morgan fingerprint density at radius 3 is 2.70 bits per heavy atom. The molecule has 0 aromatic heterocycles. The van der Waals surface area contributed by atoms with E-state index in [0.717, 1.165) is 58.2 Å². The number of hydrogen-bond acceptors (Lipinski definition) is 3. The zero-order valence-electron chi connectivity index (χ0n) is 14.4. The largest absolute Gasteiger partial charge is 0.369 e. The molecule has 1 atom stereocenters. The van der Waals surface area contributed by atoms with Crippen LogP contribution in [0.25, 0.3) is 0 Å². The second-order valence-corrected chi connectivity index (χ2v) is 6.54. The molecule has 4 heteroatoms. The Morgan fingerprint density at radius 2 is 1.96 bits per heavy atom. The molecule has 1 heterocycles. The molecule has 1 saturated heterocycles. The number of piperidine rings is 1. The maximum absolute atomic E-state index is 12.4. The van der Waals surface area contributed by atoms with E-state index in [4.69, 9.17) is 5.73 Å². The van der Waals surface area contributed by atoms with Crippen LogP contribution >= 0.6 is 0 Å². The summed E-state index contributed by atoms with van der Waals surface area (Å²) in [4.78, 5) is 16.8. The van der Waals surface area contributed by atoms with Crippen molar-refractivity contribution in [2.45, 2.75) is 51.0 Å². The summed E-state index contributed by atoms with van der Waals surface area (Å²) in [6, 6.07) is 10.8. The predicted molar refractivity (Wildman–Crippen MR) is 96.6 cm³/mol. The first-order valence-corrected chi connectivity index (χ1v) is 8.98. The number of benzene rings is 1. The highest BCUT2D eigenvalue weighted by molar-refractivity contribution is 5.76. The number of hydrogen-bond donors (Lipinski definition) is 1. The Bertz CT molecular complexity index is 463. The minimum Gasteiger partial charge on any atom is -0.369 e. The van der Waals surface area contributed by atoms with Gasteiger partial charge >= 0.3 is 0 Å². The molecular weight excluding hydrogens is 286 g/mol. The van der Waals surface area contributed by atoms with E-state index in [-0.39, 0.29) is 5.91 Å². The van der Waals surface area contributed by atoms with Gasteiger partial charge in [0.2, 0.25) is 5.91 Å². The normalized spacial score (nSPS) is 18.0. The molecular formula is C19H31N3O. The molecule has 2 N–H and O–H groups in total. The van der Waals surface area contributed by atoms with Crippen molar-refractivity contribution in [2.24, 2.45) is 5.73 Å². The van der Waals surface area contributed by atoms with E-state index >= 15 is 0 Å². The predicted octanol–water partition coefficient (Wildman–Crippen LogP) is 3.02. The van der Waals surface area contributed by atoms with Crippen LogP contribution in [-0.2, 0) is 4.79 Å². The van der Waals surface area contributed by atoms with Gasteiger partial charge in [0.15, 0.2) is 0 Å². The minimum atomic E-state index is 0.290. The van der Waals surface area contributed by atoms with E-state index in [0.29, 0.717) is 12.5 Å². The van der Waals surface area contributed by atoms with Gasteiger partial charge in [0, 0.05) is 38.3 Å². The average molecular weight is 317 g/mol. The molecule has 0 aliphatic carbocycles. The molecule has 128 valence electrons. The fourth-order valence-corrected chi connectivity index (χ4v) is 3.30. The third-order valence-electron chi connectivity index (χ3n) is 4.80. The standard InChI is InChI=1S/C19H31N3O/c1-21(19(23)13-7-2-3-8-14-20)18-12-9-15-22(16-18)17-10-5-4-6-11-17/h4-6,10-11,18H,2-3,7-9,12-16,20H2,1H3. The van der Waals surface area contributed by atoms with Crippen LogP contribution in [0.3, 0.4) is 0 Å². The van der Waals surface area contributed by atoms with Crippen LogP contribution in [0.5, 0.6) is 0 Å². The summed E-state index contributed by atoms with van der Waals surface area (Å²) in [6.07, 6.45) is 7.22. The smallest absolute Gasteiger partial charge is 0.222 e. The first kappa shape index (κ1) is 17.8. The lowest BCUT2D eigenvalue weighted by molar-refractivity contribution is -0.132. The number of anilines is 1. The van der Waals surface area contributed by atoms with Crippen molar-refractivity contribution < 1.29 is 4.79 Å². The number of carbonyl (C=O) groups excluding carboxylic acids is 1. The molecule has 23 heavy (non-hydrogen) atoms. The van der Waals surface area contributed by atoms with Crippen LogP contribution < -0.4 is 10.6 Å². The van der Waals surface area contributed by atoms with E-state index in [1.54, 1.807) is 0 Å². The molecule has 0 spiro atoms. The highest BCUT2D eigenvalue weighted by Gasteiger charge is 2.25. The van der Waals surface area contributed by atoms with Gasteiger partial charge in [-0.15, -0.1) is 0 Å². The van der Waals surface area contributed by atoms with Crippen molar-refractivity contribution >= 4 is 11.6 Å². The lowest BCUT2D eigenvalue weighted by atomic mass is 10.0. The number of unbranched alkanes of at least 4 members (excludes halogenated alkanes) is 3. The van der Waals surface area contributed by atoms with Gasteiger partial charge in [-0.1, -0.05) is 31.0 Å². The van der Waals surface area contributed by atoms with Crippen molar-refractivity contribution in [3.05, 3.63) is 30.3 Å². The third-order valence-corrected chi connectivity index (χ3v) is 4.80. The molecule has 4 nitrogen and oxygen atoms in total. The average Bonchev–Trinajstić information content (AvgIpc) is 2.61. The van der Waals surface area contributed by atoms with Gasteiger partial charge in [0.05, 0.1) is 0 Å². The topological polar surface area (TPSA) is 49.6 Å². The fourth-order valence-electron chi connectivity index (χ4n) is 3.30. The molecule has 1 unspecified atom stereocenters.